The van der Waals surface area contributed by atoms with E-state index in [1.54, 1.807) is 6.07 Å². The van der Waals surface area contributed by atoms with Crippen molar-refractivity contribution in [3.63, 3.8) is 0 Å². The lowest BCUT2D eigenvalue weighted by molar-refractivity contribution is -0.141. The normalized spacial score (nSPS) is 12.9. The fourth-order valence-corrected chi connectivity index (χ4v) is 2.04. The quantitative estimate of drug-likeness (QED) is 0.769. The maximum atomic E-state index is 12.3. The van der Waals surface area contributed by atoms with Crippen molar-refractivity contribution in [2.45, 2.75) is 20.1 Å². The van der Waals surface area contributed by atoms with Gasteiger partial charge in [0.25, 0.3) is 5.91 Å². The summed E-state index contributed by atoms with van der Waals surface area (Å²) in [7, 11) is 1.31. The number of ether oxygens (including phenoxy) is 2. The van der Waals surface area contributed by atoms with E-state index in [4.69, 9.17) is 4.74 Å². The molecule has 5 heteroatoms. The molecule has 0 N–H and O–H groups in total. The Morgan fingerprint density at radius 1 is 1.32 bits per heavy atom. The zero-order valence-electron chi connectivity index (χ0n) is 11.1. The molecule has 1 aromatic carbocycles. The number of fused-ring (bicyclic) bond motifs is 1. The lowest BCUT2D eigenvalue weighted by Crippen LogP contribution is -2.36. The van der Waals surface area contributed by atoms with Crippen LogP contribution in [0.25, 0.3) is 0 Å². The number of likely N-dealkylation sites (N-methyl/N-ethyl adjacent to an activating group) is 1. The first-order valence-electron chi connectivity index (χ1n) is 6.21. The molecule has 19 heavy (non-hydrogen) atoms. The van der Waals surface area contributed by atoms with Crippen molar-refractivity contribution in [1.29, 1.82) is 0 Å². The van der Waals surface area contributed by atoms with Crippen LogP contribution in [-0.4, -0.2) is 37.0 Å². The Morgan fingerprint density at radius 3 is 2.74 bits per heavy atom. The second-order valence-electron chi connectivity index (χ2n) is 4.37. The van der Waals surface area contributed by atoms with E-state index < -0.39 is 5.97 Å². The van der Waals surface area contributed by atoms with Gasteiger partial charge in [-0.3, -0.25) is 9.59 Å². The lowest BCUT2D eigenvalue weighted by Gasteiger charge is -2.19. The molecule has 0 bridgehead atoms. The van der Waals surface area contributed by atoms with Gasteiger partial charge in [0, 0.05) is 12.1 Å². The summed E-state index contributed by atoms with van der Waals surface area (Å²) >= 11 is 0. The van der Waals surface area contributed by atoms with Gasteiger partial charge in [-0.15, -0.1) is 0 Å². The molecule has 0 atom stereocenters. The maximum Gasteiger partial charge on any atom is 0.325 e. The third kappa shape index (κ3) is 2.93. The standard InChI is InChI=1S/C14H17NO4/c1-3-15(7-13(16)18-2)14(17)10-4-5-11-8-19-9-12(11)6-10/h4-6H,3,7-9H2,1-2H3. The topological polar surface area (TPSA) is 55.8 Å². The number of hydrogen-bond acceptors (Lipinski definition) is 4. The van der Waals surface area contributed by atoms with Crippen molar-refractivity contribution in [3.05, 3.63) is 34.9 Å². The van der Waals surface area contributed by atoms with Crippen LogP contribution < -0.4 is 0 Å². The van der Waals surface area contributed by atoms with Gasteiger partial charge in [0.2, 0.25) is 0 Å². The van der Waals surface area contributed by atoms with Crippen molar-refractivity contribution >= 4 is 11.9 Å². The van der Waals surface area contributed by atoms with Gasteiger partial charge < -0.3 is 14.4 Å². The monoisotopic (exact) mass is 263 g/mol. The zero-order chi connectivity index (χ0) is 13.8. The minimum absolute atomic E-state index is 0.0284. The van der Waals surface area contributed by atoms with Crippen LogP contribution in [0.1, 0.15) is 28.4 Å². The molecule has 0 aliphatic carbocycles. The number of nitrogens with zero attached hydrogens (tertiary/aromatic N) is 1. The average Bonchev–Trinajstić information content (AvgIpc) is 2.90. The molecule has 0 saturated heterocycles. The summed E-state index contributed by atoms with van der Waals surface area (Å²) < 4.78 is 9.91. The number of carbonyl (C=O) groups excluding carboxylic acids is 2. The SMILES string of the molecule is CCN(CC(=O)OC)C(=O)c1ccc2c(c1)COC2. The molecule has 1 aliphatic rings. The van der Waals surface area contributed by atoms with Crippen molar-refractivity contribution in [2.75, 3.05) is 20.2 Å². The summed E-state index contributed by atoms with van der Waals surface area (Å²) in [5.74, 6) is -0.581. The molecule has 0 fully saturated rings. The third-order valence-electron chi connectivity index (χ3n) is 3.18. The average molecular weight is 263 g/mol. The molecular weight excluding hydrogens is 246 g/mol. The van der Waals surface area contributed by atoms with Crippen LogP contribution in [0.3, 0.4) is 0 Å². The molecule has 102 valence electrons. The van der Waals surface area contributed by atoms with Crippen molar-refractivity contribution in [2.24, 2.45) is 0 Å². The molecule has 0 spiro atoms. The smallest absolute Gasteiger partial charge is 0.325 e. The summed E-state index contributed by atoms with van der Waals surface area (Å²) in [5, 5.41) is 0. The molecule has 0 aromatic heterocycles. The van der Waals surface area contributed by atoms with E-state index in [9.17, 15) is 9.59 Å². The van der Waals surface area contributed by atoms with Crippen molar-refractivity contribution < 1.29 is 19.1 Å². The Kier molecular flexibility index (Phi) is 4.16. The van der Waals surface area contributed by atoms with Crippen LogP contribution in [0.4, 0.5) is 0 Å². The largest absolute Gasteiger partial charge is 0.468 e. The van der Waals surface area contributed by atoms with Crippen LogP contribution in [0, 0.1) is 0 Å². The Hall–Kier alpha value is -1.88. The van der Waals surface area contributed by atoms with Crippen LogP contribution >= 0.6 is 0 Å². The number of hydrogen-bond donors (Lipinski definition) is 0. The zero-order valence-corrected chi connectivity index (χ0v) is 11.1. The molecule has 0 radical (unpaired) electrons. The molecule has 5 nitrogen and oxygen atoms in total. The first kappa shape index (κ1) is 13.5. The predicted molar refractivity (Wildman–Crippen MR) is 68.5 cm³/mol. The van der Waals surface area contributed by atoms with Crippen molar-refractivity contribution in [3.8, 4) is 0 Å². The van der Waals surface area contributed by atoms with Gasteiger partial charge in [-0.2, -0.15) is 0 Å². The van der Waals surface area contributed by atoms with Gasteiger partial charge in [-0.25, -0.2) is 0 Å². The van der Waals surface area contributed by atoms with Crippen LogP contribution in [-0.2, 0) is 27.5 Å². The number of carbonyl (C=O) groups is 2. The molecule has 0 unspecified atom stereocenters. The molecule has 1 aliphatic heterocycles. The van der Waals surface area contributed by atoms with Gasteiger partial charge in [0.05, 0.1) is 20.3 Å². The number of esters is 1. The predicted octanol–water partition coefficient (Wildman–Crippen LogP) is 1.35. The highest BCUT2D eigenvalue weighted by atomic mass is 16.5. The van der Waals surface area contributed by atoms with E-state index in [0.29, 0.717) is 25.3 Å². The van der Waals surface area contributed by atoms with Gasteiger partial charge >= 0.3 is 5.97 Å². The summed E-state index contributed by atoms with van der Waals surface area (Å²) in [4.78, 5) is 25.0. The number of amides is 1. The molecule has 1 aromatic rings. The van der Waals surface area contributed by atoms with Gasteiger partial charge in [0.1, 0.15) is 6.54 Å². The first-order valence-corrected chi connectivity index (χ1v) is 6.21. The molecule has 2 rings (SSSR count). The number of rotatable bonds is 4. The Bertz CT molecular complexity index is 498. The molecular formula is C14H17NO4. The van der Waals surface area contributed by atoms with Gasteiger partial charge in [-0.05, 0) is 30.2 Å². The Labute approximate surface area is 112 Å². The summed E-state index contributed by atoms with van der Waals surface area (Å²) in [5.41, 5.74) is 2.74. The minimum Gasteiger partial charge on any atom is -0.468 e. The molecule has 0 saturated carbocycles. The van der Waals surface area contributed by atoms with E-state index in [1.165, 1.54) is 12.0 Å². The maximum absolute atomic E-state index is 12.3. The Morgan fingerprint density at radius 2 is 2.05 bits per heavy atom. The van der Waals surface area contributed by atoms with Gasteiger partial charge in [0.15, 0.2) is 0 Å². The van der Waals surface area contributed by atoms with Crippen molar-refractivity contribution in [1.82, 2.24) is 4.90 Å². The summed E-state index contributed by atoms with van der Waals surface area (Å²) in [6, 6.07) is 5.52. The summed E-state index contributed by atoms with van der Waals surface area (Å²) in [6.07, 6.45) is 0. The van der Waals surface area contributed by atoms with E-state index in [1.807, 2.05) is 19.1 Å². The van der Waals surface area contributed by atoms with Crippen LogP contribution in [0.5, 0.6) is 0 Å². The second kappa shape index (κ2) is 5.84. The highest BCUT2D eigenvalue weighted by molar-refractivity contribution is 5.96. The van der Waals surface area contributed by atoms with E-state index in [-0.39, 0.29) is 12.5 Å². The van der Waals surface area contributed by atoms with E-state index in [2.05, 4.69) is 4.74 Å². The van der Waals surface area contributed by atoms with Crippen LogP contribution in [0.2, 0.25) is 0 Å². The fraction of sp³-hybridized carbons (Fsp3) is 0.429. The summed E-state index contributed by atoms with van der Waals surface area (Å²) in [6.45, 7) is 3.40. The fourth-order valence-electron chi connectivity index (χ4n) is 2.04. The third-order valence-corrected chi connectivity index (χ3v) is 3.18. The second-order valence-corrected chi connectivity index (χ2v) is 4.37. The lowest BCUT2D eigenvalue weighted by atomic mass is 10.1. The highest BCUT2D eigenvalue weighted by Crippen LogP contribution is 2.21. The van der Waals surface area contributed by atoms with E-state index in [0.717, 1.165) is 11.1 Å². The minimum atomic E-state index is -0.417. The van der Waals surface area contributed by atoms with E-state index >= 15 is 0 Å². The van der Waals surface area contributed by atoms with Crippen LogP contribution in [0.15, 0.2) is 18.2 Å². The Balaban J connectivity index is 2.15. The van der Waals surface area contributed by atoms with Gasteiger partial charge in [-0.1, -0.05) is 6.07 Å². The number of methoxy groups -OCH3 is 1. The highest BCUT2D eigenvalue weighted by Gasteiger charge is 2.20. The number of benzene rings is 1. The molecule has 1 amide bonds. The molecule has 1 heterocycles. The first-order chi connectivity index (χ1) is 9.15.